The lowest BCUT2D eigenvalue weighted by Crippen LogP contribution is -2.56. The summed E-state index contributed by atoms with van der Waals surface area (Å²) in [7, 11) is 0. The van der Waals surface area contributed by atoms with Gasteiger partial charge in [0.2, 0.25) is 17.6 Å². The number of alkyl halides is 2. The van der Waals surface area contributed by atoms with E-state index in [4.69, 9.17) is 0 Å². The largest absolute Gasteiger partial charge is 0.434 e. The molecule has 0 bridgehead atoms. The number of aromatic nitrogens is 1. The molecule has 4 fully saturated rings. The topological polar surface area (TPSA) is 150 Å². The van der Waals surface area contributed by atoms with E-state index in [2.05, 4.69) is 25.7 Å². The van der Waals surface area contributed by atoms with Crippen molar-refractivity contribution in [2.24, 2.45) is 17.8 Å². The molecule has 0 radical (unpaired) electrons. The van der Waals surface area contributed by atoms with Gasteiger partial charge in [0.05, 0.1) is 6.04 Å². The Labute approximate surface area is 259 Å². The minimum absolute atomic E-state index is 0.0157. The van der Waals surface area contributed by atoms with Gasteiger partial charge in [0.15, 0.2) is 0 Å². The zero-order valence-electron chi connectivity index (χ0n) is 25.0. The van der Waals surface area contributed by atoms with Crippen LogP contribution >= 0.6 is 0 Å². The third-order valence-corrected chi connectivity index (χ3v) is 9.97. The number of fused-ring (bicyclic) bond motifs is 2. The maximum atomic E-state index is 14.1. The van der Waals surface area contributed by atoms with E-state index in [9.17, 15) is 32.8 Å². The fourth-order valence-corrected chi connectivity index (χ4v) is 7.75. The van der Waals surface area contributed by atoms with Crippen LogP contribution in [0.25, 0.3) is 10.9 Å². The summed E-state index contributed by atoms with van der Waals surface area (Å²) in [6.45, 7) is -2.26. The van der Waals surface area contributed by atoms with Crippen LogP contribution in [0.4, 0.5) is 8.78 Å². The van der Waals surface area contributed by atoms with Gasteiger partial charge in [-0.1, -0.05) is 31.7 Å². The molecule has 11 nitrogen and oxygen atoms in total. The Morgan fingerprint density at radius 2 is 1.82 bits per heavy atom. The van der Waals surface area contributed by atoms with Gasteiger partial charge in [-0.3, -0.25) is 24.0 Å². The third-order valence-electron chi connectivity index (χ3n) is 9.97. The molecule has 3 unspecified atom stereocenters. The van der Waals surface area contributed by atoms with Crippen LogP contribution < -0.4 is 20.7 Å². The molecule has 13 heteroatoms. The number of carbonyl (C=O) groups excluding carboxylic acids is 5. The van der Waals surface area contributed by atoms with Gasteiger partial charge in [-0.05, 0) is 68.6 Å². The van der Waals surface area contributed by atoms with Crippen LogP contribution in [0.15, 0.2) is 24.3 Å². The smallest absolute Gasteiger partial charge is 0.387 e. The van der Waals surface area contributed by atoms with Crippen molar-refractivity contribution >= 4 is 40.3 Å². The van der Waals surface area contributed by atoms with Crippen LogP contribution in [0.2, 0.25) is 0 Å². The summed E-state index contributed by atoms with van der Waals surface area (Å²) in [5, 5.41) is 8.67. The number of amides is 4. The molecule has 45 heavy (non-hydrogen) atoms. The number of rotatable bonds is 10. The summed E-state index contributed by atoms with van der Waals surface area (Å²) < 4.78 is 30.6. The number of likely N-dealkylation sites (tertiary alicyclic amines) is 1. The highest BCUT2D eigenvalue weighted by molar-refractivity contribution is 6.38. The fourth-order valence-electron chi connectivity index (χ4n) is 7.75. The Kier molecular flexibility index (Phi) is 9.04. The number of H-pyrrole nitrogens is 1. The molecule has 2 saturated carbocycles. The lowest BCUT2D eigenvalue weighted by atomic mass is 9.91. The van der Waals surface area contributed by atoms with Crippen LogP contribution in [-0.4, -0.2) is 77.1 Å². The van der Waals surface area contributed by atoms with Gasteiger partial charge in [-0.15, -0.1) is 0 Å². The number of hydrogen-bond acceptors (Lipinski definition) is 6. The Morgan fingerprint density at radius 1 is 1.02 bits per heavy atom. The lowest BCUT2D eigenvalue weighted by molar-refractivity contribution is -0.141. The molecule has 5 atom stereocenters. The fraction of sp³-hybridized carbons (Fsp3) is 0.594. The number of carbonyl (C=O) groups is 5. The van der Waals surface area contributed by atoms with E-state index >= 15 is 0 Å². The van der Waals surface area contributed by atoms with Crippen molar-refractivity contribution < 1.29 is 37.5 Å². The minimum atomic E-state index is -3.04. The molecule has 2 aromatic rings. The van der Waals surface area contributed by atoms with Crippen LogP contribution in [0.5, 0.6) is 5.75 Å². The van der Waals surface area contributed by atoms with Crippen LogP contribution in [0.3, 0.4) is 0 Å². The number of ether oxygens (including phenoxy) is 1. The lowest BCUT2D eigenvalue weighted by Gasteiger charge is -2.29. The molecule has 4 amide bonds. The average Bonchev–Trinajstić information content (AvgIpc) is 3.81. The van der Waals surface area contributed by atoms with Crippen molar-refractivity contribution in [3.63, 3.8) is 0 Å². The predicted octanol–water partition coefficient (Wildman–Crippen LogP) is 3.04. The van der Waals surface area contributed by atoms with Gasteiger partial charge < -0.3 is 30.6 Å². The summed E-state index contributed by atoms with van der Waals surface area (Å²) in [6.07, 6.45) is 7.51. The van der Waals surface area contributed by atoms with Crippen LogP contribution in [0, 0.1) is 17.8 Å². The highest BCUT2D eigenvalue weighted by Crippen LogP contribution is 2.43. The highest BCUT2D eigenvalue weighted by atomic mass is 19.3. The normalized spacial score (nSPS) is 25.7. The van der Waals surface area contributed by atoms with Gasteiger partial charge >= 0.3 is 6.61 Å². The van der Waals surface area contributed by atoms with E-state index in [1.807, 2.05) is 0 Å². The summed E-state index contributed by atoms with van der Waals surface area (Å²) in [6, 6.07) is 3.77. The third kappa shape index (κ3) is 6.53. The van der Waals surface area contributed by atoms with Gasteiger partial charge in [-0.2, -0.15) is 8.78 Å². The highest BCUT2D eigenvalue weighted by Gasteiger charge is 2.50. The van der Waals surface area contributed by atoms with Gasteiger partial charge in [0, 0.05) is 36.0 Å². The molecule has 3 heterocycles. The number of nitrogens with zero attached hydrogens (tertiary/aromatic N) is 1. The Balaban J connectivity index is 1.23. The quantitative estimate of drug-likeness (QED) is 0.298. The van der Waals surface area contributed by atoms with E-state index in [-0.39, 0.29) is 41.6 Å². The van der Waals surface area contributed by atoms with Crippen LogP contribution in [-0.2, 0) is 19.2 Å². The molecular formula is C32H39F2N5O6. The van der Waals surface area contributed by atoms with E-state index in [1.165, 1.54) is 23.1 Å². The second-order valence-corrected chi connectivity index (χ2v) is 12.8. The molecule has 1 aromatic heterocycles. The van der Waals surface area contributed by atoms with E-state index in [0.717, 1.165) is 51.4 Å². The van der Waals surface area contributed by atoms with Gasteiger partial charge in [-0.25, -0.2) is 0 Å². The maximum Gasteiger partial charge on any atom is 0.387 e. The minimum Gasteiger partial charge on any atom is -0.434 e. The molecule has 2 aliphatic heterocycles. The number of hydrogen-bond donors (Lipinski definition) is 4. The number of halogens is 2. The summed E-state index contributed by atoms with van der Waals surface area (Å²) in [5.41, 5.74) is 0.552. The van der Waals surface area contributed by atoms with Gasteiger partial charge in [0.25, 0.3) is 11.8 Å². The van der Waals surface area contributed by atoms with Crippen molar-refractivity contribution in [2.45, 2.75) is 88.9 Å². The molecule has 4 N–H and O–H groups in total. The first kappa shape index (κ1) is 31.0. The number of benzene rings is 1. The SMILES string of the molecule is O=C(NC1CCCCC1)C(=O)C(C[C@@H]1CCNC1=O)NC(=O)[C@@H]1C2CCCC2CN1C(=O)c1cc2c(OC(F)F)cccc2[nH]1. The predicted molar refractivity (Wildman–Crippen MR) is 158 cm³/mol. The molecule has 4 aliphatic rings. The molecule has 6 rings (SSSR count). The zero-order valence-corrected chi connectivity index (χ0v) is 25.0. The monoisotopic (exact) mass is 627 g/mol. The first-order valence-corrected chi connectivity index (χ1v) is 16.0. The second-order valence-electron chi connectivity index (χ2n) is 12.8. The Bertz CT molecular complexity index is 1470. The Morgan fingerprint density at radius 3 is 2.56 bits per heavy atom. The van der Waals surface area contributed by atoms with Gasteiger partial charge in [0.1, 0.15) is 17.5 Å². The first-order chi connectivity index (χ1) is 21.7. The molecule has 0 spiro atoms. The summed E-state index contributed by atoms with van der Waals surface area (Å²) in [5.74, 6) is -3.48. The van der Waals surface area contributed by atoms with Crippen molar-refractivity contribution in [1.82, 2.24) is 25.8 Å². The molecule has 2 saturated heterocycles. The summed E-state index contributed by atoms with van der Waals surface area (Å²) >= 11 is 0. The number of nitrogens with one attached hydrogen (secondary N) is 4. The van der Waals surface area contributed by atoms with E-state index in [1.54, 1.807) is 6.07 Å². The first-order valence-electron chi connectivity index (χ1n) is 16.0. The van der Waals surface area contributed by atoms with Crippen molar-refractivity contribution in [3.05, 3.63) is 30.0 Å². The van der Waals surface area contributed by atoms with Crippen molar-refractivity contribution in [3.8, 4) is 5.75 Å². The molecule has 242 valence electrons. The second kappa shape index (κ2) is 13.1. The number of ketones is 1. The molecule has 2 aliphatic carbocycles. The standard InChI is InChI=1S/C32H39F2N5O6/c33-32(34)45-25-11-5-10-22-21(25)15-24(37-22)31(44)39-16-18-6-4-9-20(18)26(39)29(42)38-23(14-17-12-13-35-28(17)41)27(40)30(43)36-19-7-2-1-3-8-19/h5,10-11,15,17-20,23,26,32,37H,1-4,6-9,12-14,16H2,(H,35,41)(H,36,43)(H,38,42)/t17-,18?,20?,23?,26-/m0/s1. The molecule has 1 aromatic carbocycles. The van der Waals surface area contributed by atoms with Crippen molar-refractivity contribution in [1.29, 1.82) is 0 Å². The van der Waals surface area contributed by atoms with E-state index < -0.39 is 48.1 Å². The maximum absolute atomic E-state index is 14.1. The van der Waals surface area contributed by atoms with Crippen LogP contribution in [0.1, 0.15) is 74.7 Å². The van der Waals surface area contributed by atoms with E-state index in [0.29, 0.717) is 30.4 Å². The van der Waals surface area contributed by atoms with Crippen molar-refractivity contribution in [2.75, 3.05) is 13.1 Å². The summed E-state index contributed by atoms with van der Waals surface area (Å²) in [4.78, 5) is 71.5. The number of aromatic amines is 1. The molecular weight excluding hydrogens is 588 g/mol. The number of Topliss-reactive ketones (excluding diaryl/α,β-unsaturated/α-hetero) is 1. The zero-order chi connectivity index (χ0) is 31.7. The Hall–Kier alpha value is -4.03. The average molecular weight is 628 g/mol.